The number of hydrogen-bond donors (Lipinski definition) is 0. The molecule has 4 rings (SSSR count). The molecule has 4 heterocycles. The third-order valence-electron chi connectivity index (χ3n) is 4.91. The zero-order valence-electron chi connectivity index (χ0n) is 17.9. The number of rotatable bonds is 11. The summed E-state index contributed by atoms with van der Waals surface area (Å²) in [6, 6.07) is 16.8. The average Bonchev–Trinajstić information content (AvgIpc) is 2.85. The van der Waals surface area contributed by atoms with Crippen LogP contribution in [0.2, 0.25) is 0 Å². The van der Waals surface area contributed by atoms with Gasteiger partial charge in [-0.25, -0.2) is 0 Å². The minimum atomic E-state index is 0.878. The first kappa shape index (κ1) is 22.5. The molecule has 0 N–H and O–H groups in total. The van der Waals surface area contributed by atoms with Gasteiger partial charge in [0.1, 0.15) is 0 Å². The van der Waals surface area contributed by atoms with Gasteiger partial charge in [-0.3, -0.25) is 19.9 Å². The van der Waals surface area contributed by atoms with Gasteiger partial charge in [0.2, 0.25) is 0 Å². The minimum absolute atomic E-state index is 0.878. The Kier molecular flexibility index (Phi) is 8.69. The van der Waals surface area contributed by atoms with Crippen molar-refractivity contribution in [3.05, 3.63) is 119 Å². The Balaban J connectivity index is 1.11. The molecular weight excluding hydrogens is 432 g/mol. The van der Waals surface area contributed by atoms with Crippen molar-refractivity contribution >= 4 is 23.5 Å². The van der Waals surface area contributed by atoms with Gasteiger partial charge in [0.15, 0.2) is 0 Å². The standard InChI is InChI=1S/C26H26N4S2/c1-3-21(15-27-9-1)13-23-5-7-25(29-17-23)19-31-11-12-32-20-26-8-6-24(18-30-26)14-22-4-2-10-28-16-22/h1-10,15-18H,11-14,19-20H2. The Labute approximate surface area is 198 Å². The summed E-state index contributed by atoms with van der Waals surface area (Å²) in [6.45, 7) is 0. The van der Waals surface area contributed by atoms with Crippen LogP contribution in [0.1, 0.15) is 33.6 Å². The average molecular weight is 459 g/mol. The van der Waals surface area contributed by atoms with Crippen molar-refractivity contribution in [1.82, 2.24) is 19.9 Å². The number of nitrogens with zero attached hydrogens (tertiary/aromatic N) is 4. The monoisotopic (exact) mass is 458 g/mol. The molecule has 4 aromatic rings. The zero-order chi connectivity index (χ0) is 21.8. The molecule has 0 spiro atoms. The molecule has 6 heteroatoms. The Bertz CT molecular complexity index is 967. The second-order valence-corrected chi connectivity index (χ2v) is 9.71. The summed E-state index contributed by atoms with van der Waals surface area (Å²) in [4.78, 5) is 17.6. The van der Waals surface area contributed by atoms with E-state index in [0.29, 0.717) is 0 Å². The van der Waals surface area contributed by atoms with E-state index in [-0.39, 0.29) is 0 Å². The maximum Gasteiger partial charge on any atom is 0.0502 e. The van der Waals surface area contributed by atoms with Crippen LogP contribution >= 0.6 is 23.5 Å². The van der Waals surface area contributed by atoms with Crippen molar-refractivity contribution < 1.29 is 0 Å². The third-order valence-corrected chi connectivity index (χ3v) is 7.15. The highest BCUT2D eigenvalue weighted by atomic mass is 32.2. The van der Waals surface area contributed by atoms with E-state index in [0.717, 1.165) is 47.2 Å². The van der Waals surface area contributed by atoms with Crippen LogP contribution in [0, 0.1) is 0 Å². The van der Waals surface area contributed by atoms with Gasteiger partial charge in [0.25, 0.3) is 0 Å². The van der Waals surface area contributed by atoms with Gasteiger partial charge in [-0.1, -0.05) is 24.3 Å². The van der Waals surface area contributed by atoms with Gasteiger partial charge in [-0.15, -0.1) is 0 Å². The van der Waals surface area contributed by atoms with Crippen molar-refractivity contribution in [3.63, 3.8) is 0 Å². The Morgan fingerprint density at radius 3 is 1.38 bits per heavy atom. The fourth-order valence-corrected chi connectivity index (χ4v) is 5.23. The molecule has 0 saturated carbocycles. The van der Waals surface area contributed by atoms with E-state index in [4.69, 9.17) is 0 Å². The van der Waals surface area contributed by atoms with Crippen molar-refractivity contribution in [3.8, 4) is 0 Å². The molecule has 0 aromatic carbocycles. The van der Waals surface area contributed by atoms with Crippen LogP contribution in [0.3, 0.4) is 0 Å². The lowest BCUT2D eigenvalue weighted by molar-refractivity contribution is 1.08. The Hall–Kier alpha value is -2.70. The predicted octanol–water partition coefficient (Wildman–Crippen LogP) is 5.61. The summed E-state index contributed by atoms with van der Waals surface area (Å²) in [5.41, 5.74) is 7.15. The number of aromatic nitrogens is 4. The van der Waals surface area contributed by atoms with E-state index in [1.54, 1.807) is 12.4 Å². The van der Waals surface area contributed by atoms with E-state index in [2.05, 4.69) is 56.3 Å². The van der Waals surface area contributed by atoms with Gasteiger partial charge in [-0.2, -0.15) is 23.5 Å². The highest BCUT2D eigenvalue weighted by Crippen LogP contribution is 2.17. The van der Waals surface area contributed by atoms with Crippen LogP contribution in [-0.2, 0) is 24.3 Å². The number of hydrogen-bond acceptors (Lipinski definition) is 6. The number of thioether (sulfide) groups is 2. The van der Waals surface area contributed by atoms with E-state index >= 15 is 0 Å². The molecule has 4 aromatic heterocycles. The third kappa shape index (κ3) is 7.46. The van der Waals surface area contributed by atoms with Crippen molar-refractivity contribution in [2.24, 2.45) is 0 Å². The van der Waals surface area contributed by atoms with Crippen LogP contribution in [0.5, 0.6) is 0 Å². The fraction of sp³-hybridized carbons (Fsp3) is 0.231. The lowest BCUT2D eigenvalue weighted by Gasteiger charge is -2.05. The number of pyridine rings is 4. The predicted molar refractivity (Wildman–Crippen MR) is 135 cm³/mol. The Morgan fingerprint density at radius 2 is 1.00 bits per heavy atom. The summed E-state index contributed by atoms with van der Waals surface area (Å²) in [5, 5.41) is 0. The molecule has 0 unspecified atom stereocenters. The summed E-state index contributed by atoms with van der Waals surface area (Å²) < 4.78 is 0. The molecule has 32 heavy (non-hydrogen) atoms. The van der Waals surface area contributed by atoms with E-state index in [1.807, 2.05) is 60.4 Å². The maximum atomic E-state index is 4.62. The summed E-state index contributed by atoms with van der Waals surface area (Å²) in [5.74, 6) is 4.13. The summed E-state index contributed by atoms with van der Waals surface area (Å²) in [7, 11) is 0. The first-order chi connectivity index (χ1) is 15.8. The van der Waals surface area contributed by atoms with Crippen LogP contribution < -0.4 is 0 Å². The van der Waals surface area contributed by atoms with Crippen LogP contribution in [0.4, 0.5) is 0 Å². The molecule has 0 fully saturated rings. The molecule has 0 atom stereocenters. The van der Waals surface area contributed by atoms with Gasteiger partial charge < -0.3 is 0 Å². The SMILES string of the molecule is c1cncc(Cc2ccc(CSCCSCc3ccc(Cc4cccnc4)cn3)nc2)c1. The maximum absolute atomic E-state index is 4.62. The summed E-state index contributed by atoms with van der Waals surface area (Å²) >= 11 is 3.87. The van der Waals surface area contributed by atoms with Crippen molar-refractivity contribution in [2.45, 2.75) is 24.3 Å². The van der Waals surface area contributed by atoms with Gasteiger partial charge in [0.05, 0.1) is 11.4 Å². The van der Waals surface area contributed by atoms with Gasteiger partial charge in [0, 0.05) is 73.0 Å². The van der Waals surface area contributed by atoms with Crippen LogP contribution in [0.15, 0.2) is 85.7 Å². The first-order valence-corrected chi connectivity index (χ1v) is 13.0. The largest absolute Gasteiger partial charge is 0.264 e. The highest BCUT2D eigenvalue weighted by Gasteiger charge is 2.01. The fourth-order valence-electron chi connectivity index (χ4n) is 3.24. The minimum Gasteiger partial charge on any atom is -0.264 e. The molecule has 0 radical (unpaired) electrons. The van der Waals surface area contributed by atoms with Crippen molar-refractivity contribution in [2.75, 3.05) is 11.5 Å². The van der Waals surface area contributed by atoms with E-state index < -0.39 is 0 Å². The second kappa shape index (κ2) is 12.4. The normalized spacial score (nSPS) is 10.9. The summed E-state index contributed by atoms with van der Waals surface area (Å²) in [6.07, 6.45) is 13.2. The Morgan fingerprint density at radius 1 is 0.531 bits per heavy atom. The van der Waals surface area contributed by atoms with E-state index in [9.17, 15) is 0 Å². The topological polar surface area (TPSA) is 51.6 Å². The van der Waals surface area contributed by atoms with Crippen LogP contribution in [0.25, 0.3) is 0 Å². The molecule has 0 saturated heterocycles. The molecule has 162 valence electrons. The molecule has 0 bridgehead atoms. The van der Waals surface area contributed by atoms with Crippen molar-refractivity contribution in [1.29, 1.82) is 0 Å². The van der Waals surface area contributed by atoms with Gasteiger partial charge >= 0.3 is 0 Å². The molecule has 0 aliphatic carbocycles. The van der Waals surface area contributed by atoms with Crippen LogP contribution in [-0.4, -0.2) is 31.4 Å². The first-order valence-electron chi connectivity index (χ1n) is 10.7. The molecule has 4 nitrogen and oxygen atoms in total. The van der Waals surface area contributed by atoms with Gasteiger partial charge in [-0.05, 0) is 46.5 Å². The molecule has 0 aliphatic heterocycles. The zero-order valence-corrected chi connectivity index (χ0v) is 19.6. The molecule has 0 aliphatic rings. The lowest BCUT2D eigenvalue weighted by atomic mass is 10.1. The van der Waals surface area contributed by atoms with E-state index in [1.165, 1.54) is 22.3 Å². The quantitative estimate of drug-likeness (QED) is 0.272. The molecule has 0 amide bonds. The highest BCUT2D eigenvalue weighted by molar-refractivity contribution is 8.02. The second-order valence-electron chi connectivity index (χ2n) is 7.50. The lowest BCUT2D eigenvalue weighted by Crippen LogP contribution is -1.95. The molecular formula is C26H26N4S2. The smallest absolute Gasteiger partial charge is 0.0502 e.